The summed E-state index contributed by atoms with van der Waals surface area (Å²) in [7, 11) is 3.34. The van der Waals surface area contributed by atoms with E-state index < -0.39 is 11.6 Å². The van der Waals surface area contributed by atoms with Gasteiger partial charge in [-0.2, -0.15) is 0 Å². The van der Waals surface area contributed by atoms with Crippen molar-refractivity contribution in [3.05, 3.63) is 63.6 Å². The Bertz CT molecular complexity index is 619. The molecule has 0 amide bonds. The first kappa shape index (κ1) is 14.9. The number of nitrogens with one attached hydrogen (secondary N) is 1. The van der Waals surface area contributed by atoms with E-state index in [2.05, 4.69) is 21.2 Å². The summed E-state index contributed by atoms with van der Waals surface area (Å²) in [5.74, 6) is -1.01. The Balaban J connectivity index is 2.48. The highest BCUT2D eigenvalue weighted by molar-refractivity contribution is 9.10. The van der Waals surface area contributed by atoms with Gasteiger partial charge in [-0.3, -0.25) is 0 Å². The summed E-state index contributed by atoms with van der Waals surface area (Å²) in [5, 5.41) is 3.10. The molecule has 0 aliphatic rings. The molecule has 0 saturated heterocycles. The van der Waals surface area contributed by atoms with E-state index in [-0.39, 0.29) is 6.04 Å². The molecule has 0 radical (unpaired) electrons. The maximum Gasteiger partial charge on any atom is 0.159 e. The van der Waals surface area contributed by atoms with E-state index in [1.165, 1.54) is 6.07 Å². The van der Waals surface area contributed by atoms with E-state index in [1.807, 2.05) is 18.2 Å². The zero-order valence-corrected chi connectivity index (χ0v) is 12.7. The number of rotatable bonds is 4. The van der Waals surface area contributed by atoms with E-state index in [4.69, 9.17) is 4.74 Å². The van der Waals surface area contributed by atoms with Crippen LogP contribution in [0.5, 0.6) is 5.75 Å². The molecule has 0 bridgehead atoms. The second kappa shape index (κ2) is 6.33. The fourth-order valence-corrected chi connectivity index (χ4v) is 2.54. The van der Waals surface area contributed by atoms with Gasteiger partial charge in [0.25, 0.3) is 0 Å². The second-order valence-electron chi connectivity index (χ2n) is 4.28. The van der Waals surface area contributed by atoms with Crippen LogP contribution in [0.25, 0.3) is 0 Å². The van der Waals surface area contributed by atoms with Gasteiger partial charge in [0, 0.05) is 4.47 Å². The van der Waals surface area contributed by atoms with Crippen molar-refractivity contribution in [2.24, 2.45) is 0 Å². The van der Waals surface area contributed by atoms with E-state index in [9.17, 15) is 8.78 Å². The third-order valence-electron chi connectivity index (χ3n) is 3.08. The van der Waals surface area contributed by atoms with Crippen molar-refractivity contribution in [3.63, 3.8) is 0 Å². The Morgan fingerprint density at radius 3 is 2.45 bits per heavy atom. The molecule has 0 aliphatic heterocycles. The Labute approximate surface area is 124 Å². The number of hydrogen-bond acceptors (Lipinski definition) is 2. The maximum absolute atomic E-state index is 13.4. The summed E-state index contributed by atoms with van der Waals surface area (Å²) in [6.07, 6.45) is 0. The van der Waals surface area contributed by atoms with Gasteiger partial charge in [0.1, 0.15) is 5.75 Å². The maximum atomic E-state index is 13.4. The number of benzene rings is 2. The van der Waals surface area contributed by atoms with Gasteiger partial charge in [-0.25, -0.2) is 8.78 Å². The van der Waals surface area contributed by atoms with E-state index >= 15 is 0 Å². The van der Waals surface area contributed by atoms with Crippen LogP contribution in [-0.2, 0) is 0 Å². The van der Waals surface area contributed by atoms with Crippen LogP contribution in [0.4, 0.5) is 8.78 Å². The molecule has 0 aliphatic carbocycles. The van der Waals surface area contributed by atoms with Gasteiger partial charge >= 0.3 is 0 Å². The van der Waals surface area contributed by atoms with Crippen LogP contribution in [0.3, 0.4) is 0 Å². The minimum atomic E-state index is -0.859. The van der Waals surface area contributed by atoms with Crippen molar-refractivity contribution in [3.8, 4) is 5.75 Å². The van der Waals surface area contributed by atoms with Crippen molar-refractivity contribution < 1.29 is 13.5 Å². The monoisotopic (exact) mass is 341 g/mol. The first-order chi connectivity index (χ1) is 9.56. The van der Waals surface area contributed by atoms with Gasteiger partial charge in [0.15, 0.2) is 11.6 Å². The topological polar surface area (TPSA) is 21.3 Å². The van der Waals surface area contributed by atoms with Gasteiger partial charge in [0.05, 0.1) is 13.2 Å². The first-order valence-electron chi connectivity index (χ1n) is 6.02. The molecule has 2 aromatic carbocycles. The molecule has 106 valence electrons. The normalized spacial score (nSPS) is 12.2. The first-order valence-corrected chi connectivity index (χ1v) is 6.81. The van der Waals surface area contributed by atoms with Crippen LogP contribution in [0.15, 0.2) is 40.9 Å². The number of halogens is 3. The summed E-state index contributed by atoms with van der Waals surface area (Å²) in [6, 6.07) is 9.16. The quantitative estimate of drug-likeness (QED) is 0.905. The average Bonchev–Trinajstić information content (AvgIpc) is 2.45. The molecular formula is C15H14BrF2NO. The van der Waals surface area contributed by atoms with Crippen molar-refractivity contribution in [2.45, 2.75) is 6.04 Å². The summed E-state index contributed by atoms with van der Waals surface area (Å²) in [4.78, 5) is 0. The summed E-state index contributed by atoms with van der Waals surface area (Å²) < 4.78 is 32.5. The van der Waals surface area contributed by atoms with Crippen molar-refractivity contribution >= 4 is 15.9 Å². The van der Waals surface area contributed by atoms with Crippen LogP contribution in [0, 0.1) is 11.6 Å². The van der Waals surface area contributed by atoms with E-state index in [0.29, 0.717) is 11.3 Å². The van der Waals surface area contributed by atoms with E-state index in [0.717, 1.165) is 16.1 Å². The molecule has 0 heterocycles. The molecule has 0 saturated carbocycles. The third-order valence-corrected chi connectivity index (χ3v) is 3.80. The van der Waals surface area contributed by atoms with E-state index in [1.54, 1.807) is 20.2 Å². The second-order valence-corrected chi connectivity index (χ2v) is 5.14. The third kappa shape index (κ3) is 2.99. The Kier molecular flexibility index (Phi) is 4.73. The fourth-order valence-electron chi connectivity index (χ4n) is 2.06. The van der Waals surface area contributed by atoms with Crippen LogP contribution in [0.1, 0.15) is 17.2 Å². The Hall–Kier alpha value is -1.46. The molecule has 5 heteroatoms. The lowest BCUT2D eigenvalue weighted by Gasteiger charge is -2.19. The lowest BCUT2D eigenvalue weighted by atomic mass is 9.98. The largest absolute Gasteiger partial charge is 0.497 e. The highest BCUT2D eigenvalue weighted by Crippen LogP contribution is 2.32. The van der Waals surface area contributed by atoms with Gasteiger partial charge in [-0.15, -0.1) is 0 Å². The van der Waals surface area contributed by atoms with Crippen LogP contribution >= 0.6 is 15.9 Å². The summed E-state index contributed by atoms with van der Waals surface area (Å²) >= 11 is 3.47. The molecule has 1 unspecified atom stereocenters. The van der Waals surface area contributed by atoms with Crippen molar-refractivity contribution in [1.29, 1.82) is 0 Å². The predicted molar refractivity (Wildman–Crippen MR) is 78.0 cm³/mol. The zero-order chi connectivity index (χ0) is 14.7. The standard InChI is InChI=1S/C15H14BrF2NO/c1-19-15(9-3-6-13(17)14(18)7-9)11-8-10(20-2)4-5-12(11)16/h3-8,15,19H,1-2H3. The van der Waals surface area contributed by atoms with Gasteiger partial charge in [-0.05, 0) is 48.5 Å². The SMILES string of the molecule is CNC(c1ccc(F)c(F)c1)c1cc(OC)ccc1Br. The van der Waals surface area contributed by atoms with Crippen molar-refractivity contribution in [2.75, 3.05) is 14.2 Å². The lowest BCUT2D eigenvalue weighted by Crippen LogP contribution is -2.18. The van der Waals surface area contributed by atoms with Crippen LogP contribution in [0.2, 0.25) is 0 Å². The molecule has 0 fully saturated rings. The molecule has 0 spiro atoms. The number of hydrogen-bond donors (Lipinski definition) is 1. The number of ether oxygens (including phenoxy) is 1. The Morgan fingerprint density at radius 2 is 1.85 bits per heavy atom. The average molecular weight is 342 g/mol. The van der Waals surface area contributed by atoms with Crippen LogP contribution < -0.4 is 10.1 Å². The highest BCUT2D eigenvalue weighted by atomic mass is 79.9. The number of methoxy groups -OCH3 is 1. The van der Waals surface area contributed by atoms with Crippen molar-refractivity contribution in [1.82, 2.24) is 5.32 Å². The summed E-state index contributed by atoms with van der Waals surface area (Å²) in [5.41, 5.74) is 1.53. The molecule has 1 atom stereocenters. The predicted octanol–water partition coefficient (Wildman–Crippen LogP) is 4.04. The molecule has 1 N–H and O–H groups in total. The minimum Gasteiger partial charge on any atom is -0.497 e. The molecule has 2 aromatic rings. The minimum absolute atomic E-state index is 0.269. The molecule has 2 rings (SSSR count). The Morgan fingerprint density at radius 1 is 1.10 bits per heavy atom. The highest BCUT2D eigenvalue weighted by Gasteiger charge is 2.17. The zero-order valence-electron chi connectivity index (χ0n) is 11.1. The fraction of sp³-hybridized carbons (Fsp3) is 0.200. The van der Waals surface area contributed by atoms with Gasteiger partial charge < -0.3 is 10.1 Å². The van der Waals surface area contributed by atoms with Gasteiger partial charge in [0.2, 0.25) is 0 Å². The molecular weight excluding hydrogens is 328 g/mol. The lowest BCUT2D eigenvalue weighted by molar-refractivity contribution is 0.413. The van der Waals surface area contributed by atoms with Crippen LogP contribution in [-0.4, -0.2) is 14.2 Å². The molecule has 0 aromatic heterocycles. The molecule has 2 nitrogen and oxygen atoms in total. The smallest absolute Gasteiger partial charge is 0.159 e. The summed E-state index contributed by atoms with van der Waals surface area (Å²) in [6.45, 7) is 0. The van der Waals surface area contributed by atoms with Gasteiger partial charge in [-0.1, -0.05) is 22.0 Å². The molecule has 20 heavy (non-hydrogen) atoms.